The molecule has 0 saturated heterocycles. The van der Waals surface area contributed by atoms with Gasteiger partial charge in [-0.3, -0.25) is 0 Å². The Bertz CT molecular complexity index is 601. The molecule has 2 aromatic carbocycles. The Morgan fingerprint density at radius 3 is 2.48 bits per heavy atom. The molecule has 0 amide bonds. The minimum Gasteiger partial charge on any atom is -0.319 e. The molecule has 1 unspecified atom stereocenters. The third-order valence-corrected chi connectivity index (χ3v) is 4.24. The Balaban J connectivity index is 2.11. The molecule has 0 spiro atoms. The molecule has 0 aliphatic carbocycles. The van der Waals surface area contributed by atoms with Crippen LogP contribution in [0.25, 0.3) is 0 Å². The van der Waals surface area contributed by atoms with Crippen LogP contribution in [-0.4, -0.2) is 13.6 Å². The second-order valence-electron chi connectivity index (χ2n) is 5.17. The quantitative estimate of drug-likeness (QED) is 0.813. The van der Waals surface area contributed by atoms with Crippen LogP contribution in [0.4, 0.5) is 8.78 Å². The van der Waals surface area contributed by atoms with Crippen LogP contribution in [0.5, 0.6) is 0 Å². The van der Waals surface area contributed by atoms with Gasteiger partial charge in [0.2, 0.25) is 0 Å². The molecule has 0 radical (unpaired) electrons. The fraction of sp³-hybridized carbons (Fsp3) is 0.294. The van der Waals surface area contributed by atoms with Crippen LogP contribution < -0.4 is 5.32 Å². The molecular weight excluding hydrogens is 336 g/mol. The van der Waals surface area contributed by atoms with Crippen LogP contribution >= 0.6 is 15.9 Å². The maximum atomic E-state index is 13.3. The summed E-state index contributed by atoms with van der Waals surface area (Å²) in [5.41, 5.74) is 2.04. The van der Waals surface area contributed by atoms with Gasteiger partial charge in [-0.05, 0) is 61.7 Å². The van der Waals surface area contributed by atoms with Crippen LogP contribution in [0.3, 0.4) is 0 Å². The largest absolute Gasteiger partial charge is 0.319 e. The molecule has 21 heavy (non-hydrogen) atoms. The van der Waals surface area contributed by atoms with Gasteiger partial charge in [0, 0.05) is 4.47 Å². The lowest BCUT2D eigenvalue weighted by molar-refractivity contribution is 0.482. The van der Waals surface area contributed by atoms with Crippen molar-refractivity contribution in [2.45, 2.75) is 12.8 Å². The molecule has 1 atom stereocenters. The molecule has 0 aliphatic heterocycles. The Morgan fingerprint density at radius 2 is 1.81 bits per heavy atom. The van der Waals surface area contributed by atoms with Gasteiger partial charge in [-0.1, -0.05) is 40.2 Å². The molecule has 2 aromatic rings. The van der Waals surface area contributed by atoms with Crippen molar-refractivity contribution >= 4 is 15.9 Å². The van der Waals surface area contributed by atoms with Crippen LogP contribution in [0.15, 0.2) is 46.9 Å². The van der Waals surface area contributed by atoms with E-state index in [1.165, 1.54) is 17.7 Å². The monoisotopic (exact) mass is 353 g/mol. The number of halogens is 3. The average Bonchev–Trinajstić information content (AvgIpc) is 2.46. The first kappa shape index (κ1) is 16.1. The first-order valence-corrected chi connectivity index (χ1v) is 7.71. The lowest BCUT2D eigenvalue weighted by Crippen LogP contribution is -2.23. The van der Waals surface area contributed by atoms with E-state index in [0.717, 1.165) is 23.0 Å². The SMILES string of the molecule is CNCC(Cc1ccc(F)c(F)c1)Cc1ccccc1Br. The van der Waals surface area contributed by atoms with Gasteiger partial charge < -0.3 is 5.32 Å². The highest BCUT2D eigenvalue weighted by atomic mass is 79.9. The van der Waals surface area contributed by atoms with Gasteiger partial charge in [-0.25, -0.2) is 8.78 Å². The molecule has 1 N–H and O–H groups in total. The lowest BCUT2D eigenvalue weighted by Gasteiger charge is -2.18. The zero-order chi connectivity index (χ0) is 15.2. The molecular formula is C17H18BrF2N. The summed E-state index contributed by atoms with van der Waals surface area (Å²) in [5.74, 6) is -1.26. The second-order valence-corrected chi connectivity index (χ2v) is 6.03. The Morgan fingerprint density at radius 1 is 1.05 bits per heavy atom. The summed E-state index contributed by atoms with van der Waals surface area (Å²) in [7, 11) is 1.90. The van der Waals surface area contributed by atoms with Crippen molar-refractivity contribution in [3.63, 3.8) is 0 Å². The van der Waals surface area contributed by atoms with Crippen LogP contribution in [0, 0.1) is 17.6 Å². The summed E-state index contributed by atoms with van der Waals surface area (Å²) in [6.07, 6.45) is 1.58. The number of hydrogen-bond donors (Lipinski definition) is 1. The van der Waals surface area contributed by atoms with Gasteiger partial charge in [0.15, 0.2) is 11.6 Å². The third-order valence-electron chi connectivity index (χ3n) is 3.47. The fourth-order valence-corrected chi connectivity index (χ4v) is 2.93. The van der Waals surface area contributed by atoms with Crippen LogP contribution in [-0.2, 0) is 12.8 Å². The van der Waals surface area contributed by atoms with E-state index in [4.69, 9.17) is 0 Å². The van der Waals surface area contributed by atoms with E-state index in [2.05, 4.69) is 27.3 Å². The van der Waals surface area contributed by atoms with Crippen molar-refractivity contribution in [2.75, 3.05) is 13.6 Å². The highest BCUT2D eigenvalue weighted by Crippen LogP contribution is 2.22. The van der Waals surface area contributed by atoms with Crippen molar-refractivity contribution in [1.29, 1.82) is 0 Å². The second kappa shape index (κ2) is 7.66. The van der Waals surface area contributed by atoms with Crippen molar-refractivity contribution in [2.24, 2.45) is 5.92 Å². The topological polar surface area (TPSA) is 12.0 Å². The summed E-state index contributed by atoms with van der Waals surface area (Å²) in [5, 5.41) is 3.17. The summed E-state index contributed by atoms with van der Waals surface area (Å²) in [6.45, 7) is 0.820. The highest BCUT2D eigenvalue weighted by molar-refractivity contribution is 9.10. The average molecular weight is 354 g/mol. The van der Waals surface area contributed by atoms with E-state index in [1.54, 1.807) is 6.07 Å². The molecule has 0 bridgehead atoms. The minimum atomic E-state index is -0.797. The van der Waals surface area contributed by atoms with E-state index in [0.29, 0.717) is 12.3 Å². The van der Waals surface area contributed by atoms with Crippen molar-refractivity contribution in [3.05, 3.63) is 69.7 Å². The maximum Gasteiger partial charge on any atom is 0.159 e. The minimum absolute atomic E-state index is 0.318. The van der Waals surface area contributed by atoms with Crippen molar-refractivity contribution in [1.82, 2.24) is 5.32 Å². The summed E-state index contributed by atoms with van der Waals surface area (Å²) < 4.78 is 27.4. The fourth-order valence-electron chi connectivity index (χ4n) is 2.48. The van der Waals surface area contributed by atoms with E-state index < -0.39 is 11.6 Å². The Kier molecular flexibility index (Phi) is 5.88. The van der Waals surface area contributed by atoms with Crippen molar-refractivity contribution in [3.8, 4) is 0 Å². The van der Waals surface area contributed by atoms with E-state index in [9.17, 15) is 8.78 Å². The predicted molar refractivity (Wildman–Crippen MR) is 85.3 cm³/mol. The number of benzene rings is 2. The third kappa shape index (κ3) is 4.61. The first-order valence-electron chi connectivity index (χ1n) is 6.92. The molecule has 0 saturated carbocycles. The molecule has 0 aliphatic rings. The van der Waals surface area contributed by atoms with Crippen LogP contribution in [0.1, 0.15) is 11.1 Å². The summed E-state index contributed by atoms with van der Waals surface area (Å²) >= 11 is 3.55. The van der Waals surface area contributed by atoms with E-state index in [1.807, 2.05) is 25.2 Å². The molecule has 0 heterocycles. The predicted octanol–water partition coefficient (Wildman–Crippen LogP) is 4.35. The zero-order valence-corrected chi connectivity index (χ0v) is 13.5. The molecule has 0 fully saturated rings. The van der Waals surface area contributed by atoms with Gasteiger partial charge in [-0.2, -0.15) is 0 Å². The van der Waals surface area contributed by atoms with Gasteiger partial charge in [0.05, 0.1) is 0 Å². The first-order chi connectivity index (χ1) is 10.1. The van der Waals surface area contributed by atoms with Crippen LogP contribution in [0.2, 0.25) is 0 Å². The Hall–Kier alpha value is -1.26. The van der Waals surface area contributed by atoms with Gasteiger partial charge in [0.1, 0.15) is 0 Å². The zero-order valence-electron chi connectivity index (χ0n) is 11.9. The molecule has 1 nitrogen and oxygen atoms in total. The smallest absolute Gasteiger partial charge is 0.159 e. The highest BCUT2D eigenvalue weighted by Gasteiger charge is 2.13. The number of hydrogen-bond acceptors (Lipinski definition) is 1. The normalized spacial score (nSPS) is 12.4. The van der Waals surface area contributed by atoms with Gasteiger partial charge >= 0.3 is 0 Å². The molecule has 4 heteroatoms. The summed E-state index contributed by atoms with van der Waals surface area (Å²) in [6, 6.07) is 12.2. The van der Waals surface area contributed by atoms with E-state index >= 15 is 0 Å². The lowest BCUT2D eigenvalue weighted by atomic mass is 9.92. The molecule has 2 rings (SSSR count). The number of rotatable bonds is 6. The van der Waals surface area contributed by atoms with Crippen molar-refractivity contribution < 1.29 is 8.78 Å². The van der Waals surface area contributed by atoms with E-state index in [-0.39, 0.29) is 0 Å². The summed E-state index contributed by atoms with van der Waals surface area (Å²) in [4.78, 5) is 0. The standard InChI is InChI=1S/C17H18BrF2N/c1-21-11-13(9-14-4-2-3-5-15(14)18)8-12-6-7-16(19)17(20)10-12/h2-7,10,13,21H,8-9,11H2,1H3. The van der Waals surface area contributed by atoms with Gasteiger partial charge in [0.25, 0.3) is 0 Å². The molecule has 112 valence electrons. The molecule has 0 aromatic heterocycles. The maximum absolute atomic E-state index is 13.3. The van der Waals surface area contributed by atoms with Gasteiger partial charge in [-0.15, -0.1) is 0 Å². The number of nitrogens with one attached hydrogen (secondary N) is 1. The Labute approximate surface area is 132 Å².